The van der Waals surface area contributed by atoms with Crippen molar-refractivity contribution in [3.05, 3.63) is 52.6 Å². The normalized spacial score (nSPS) is 12.6. The van der Waals surface area contributed by atoms with Crippen molar-refractivity contribution in [2.45, 2.75) is 53.7 Å². The van der Waals surface area contributed by atoms with Crippen molar-refractivity contribution in [3.63, 3.8) is 0 Å². The number of carbonyl (C=O) groups excluding carboxylic acids is 2. The molecule has 6 heteroatoms. The van der Waals surface area contributed by atoms with Gasteiger partial charge in [-0.15, -0.1) is 0 Å². The number of hydrogen-bond acceptors (Lipinski definition) is 4. The maximum atomic E-state index is 12.3. The summed E-state index contributed by atoms with van der Waals surface area (Å²) in [5, 5.41) is 12.9. The number of nitrogens with one attached hydrogen (secondary N) is 1. The van der Waals surface area contributed by atoms with E-state index >= 15 is 0 Å². The summed E-state index contributed by atoms with van der Waals surface area (Å²) in [5.74, 6) is -0.374. The topological polar surface area (TPSA) is 102 Å². The first kappa shape index (κ1) is 23.0. The lowest BCUT2D eigenvalue weighted by molar-refractivity contribution is -0.124. The number of aryl methyl sites for hydroxylation is 2. The van der Waals surface area contributed by atoms with E-state index in [-0.39, 0.29) is 17.8 Å². The molecule has 160 valence electrons. The number of aromatic hydroxyl groups is 1. The average Bonchev–Trinajstić information content (AvgIpc) is 2.65. The second kappa shape index (κ2) is 9.48. The number of ether oxygens (including phenoxy) is 1. The number of phenols is 1. The van der Waals surface area contributed by atoms with Gasteiger partial charge in [0.1, 0.15) is 6.04 Å². The minimum atomic E-state index is -0.735. The second-order valence-corrected chi connectivity index (χ2v) is 7.80. The highest BCUT2D eigenvalue weighted by molar-refractivity contribution is 5.99. The molecule has 0 spiro atoms. The first-order chi connectivity index (χ1) is 14.0. The predicted octanol–water partition coefficient (Wildman–Crippen LogP) is 3.86. The minimum absolute atomic E-state index is 0.0248. The lowest BCUT2D eigenvalue weighted by Gasteiger charge is -2.15. The molecule has 0 aliphatic carbocycles. The van der Waals surface area contributed by atoms with E-state index in [9.17, 15) is 14.7 Å². The van der Waals surface area contributed by atoms with Crippen molar-refractivity contribution < 1.29 is 19.4 Å². The van der Waals surface area contributed by atoms with E-state index in [0.29, 0.717) is 11.3 Å². The van der Waals surface area contributed by atoms with Crippen LogP contribution in [0.15, 0.2) is 35.9 Å². The fourth-order valence-electron chi connectivity index (χ4n) is 3.02. The van der Waals surface area contributed by atoms with Gasteiger partial charge in [-0.2, -0.15) is 0 Å². The van der Waals surface area contributed by atoms with Crippen LogP contribution < -0.4 is 15.8 Å². The molecule has 6 nitrogen and oxygen atoms in total. The third-order valence-corrected chi connectivity index (χ3v) is 4.75. The molecule has 0 aromatic heterocycles. The Hall–Kier alpha value is -3.28. The van der Waals surface area contributed by atoms with Gasteiger partial charge in [0.25, 0.3) is 0 Å². The number of hydrogen-bond donors (Lipinski definition) is 3. The largest absolute Gasteiger partial charge is 0.504 e. The van der Waals surface area contributed by atoms with Gasteiger partial charge in [-0.1, -0.05) is 18.2 Å². The number of carbonyl (C=O) groups is 2. The highest BCUT2D eigenvalue weighted by atomic mass is 16.5. The van der Waals surface area contributed by atoms with Crippen LogP contribution in [0.5, 0.6) is 11.5 Å². The summed E-state index contributed by atoms with van der Waals surface area (Å²) in [6.45, 7) is 11.0. The molecule has 0 fully saturated rings. The summed E-state index contributed by atoms with van der Waals surface area (Å²) in [6.07, 6.45) is 1.76. The molecule has 0 radical (unpaired) electrons. The molecule has 0 aliphatic rings. The van der Waals surface area contributed by atoms with E-state index in [1.54, 1.807) is 32.1 Å². The van der Waals surface area contributed by atoms with E-state index in [2.05, 4.69) is 5.32 Å². The smallest absolute Gasteiger partial charge is 0.247 e. The van der Waals surface area contributed by atoms with Crippen LogP contribution in [0.4, 0.5) is 0 Å². The first-order valence-corrected chi connectivity index (χ1v) is 9.89. The molecule has 2 aromatic carbocycles. The van der Waals surface area contributed by atoms with Crippen LogP contribution in [-0.2, 0) is 9.59 Å². The summed E-state index contributed by atoms with van der Waals surface area (Å²) in [4.78, 5) is 23.4. The Bertz CT molecular complexity index is 993. The lowest BCUT2D eigenvalue weighted by atomic mass is 9.94. The molecular formula is C24H30N2O4. The van der Waals surface area contributed by atoms with E-state index < -0.39 is 11.9 Å². The zero-order valence-electron chi connectivity index (χ0n) is 18.4. The Balaban J connectivity index is 2.32. The standard InChI is InChI=1S/C24H30N2O4/c1-13(2)30-22-8-7-18(12-21(22)27)20-11-14(3)19(9-15(20)4)10-16(5)24(29)26-17(6)23(25)28/h7-13,17,27H,1-6H3,(H2,25,28)(H,26,29). The maximum absolute atomic E-state index is 12.3. The van der Waals surface area contributed by atoms with Crippen molar-refractivity contribution in [1.82, 2.24) is 5.32 Å². The molecule has 0 saturated carbocycles. The minimum Gasteiger partial charge on any atom is -0.504 e. The van der Waals surface area contributed by atoms with Gasteiger partial charge in [0.15, 0.2) is 11.5 Å². The van der Waals surface area contributed by atoms with Gasteiger partial charge in [0.05, 0.1) is 6.10 Å². The Morgan fingerprint density at radius 2 is 1.77 bits per heavy atom. The summed E-state index contributed by atoms with van der Waals surface area (Å²) < 4.78 is 5.59. The van der Waals surface area contributed by atoms with E-state index in [4.69, 9.17) is 10.5 Å². The fourth-order valence-corrected chi connectivity index (χ4v) is 3.02. The summed E-state index contributed by atoms with van der Waals surface area (Å²) >= 11 is 0. The molecule has 30 heavy (non-hydrogen) atoms. The Morgan fingerprint density at radius 3 is 2.33 bits per heavy atom. The third-order valence-electron chi connectivity index (χ3n) is 4.75. The molecule has 0 heterocycles. The lowest BCUT2D eigenvalue weighted by Crippen LogP contribution is -2.42. The highest BCUT2D eigenvalue weighted by Crippen LogP contribution is 2.34. The van der Waals surface area contributed by atoms with Crippen molar-refractivity contribution in [2.75, 3.05) is 0 Å². The van der Waals surface area contributed by atoms with E-state index in [0.717, 1.165) is 27.8 Å². The maximum Gasteiger partial charge on any atom is 0.247 e. The van der Waals surface area contributed by atoms with Gasteiger partial charge in [0.2, 0.25) is 11.8 Å². The van der Waals surface area contributed by atoms with E-state index in [1.807, 2.05) is 45.9 Å². The Kier molecular flexibility index (Phi) is 7.27. The van der Waals surface area contributed by atoms with Gasteiger partial charge in [-0.3, -0.25) is 9.59 Å². The van der Waals surface area contributed by atoms with Crippen LogP contribution in [0.2, 0.25) is 0 Å². The van der Waals surface area contributed by atoms with Crippen LogP contribution in [-0.4, -0.2) is 29.1 Å². The number of nitrogens with two attached hydrogens (primary N) is 1. The van der Waals surface area contributed by atoms with Crippen molar-refractivity contribution >= 4 is 17.9 Å². The van der Waals surface area contributed by atoms with Crippen molar-refractivity contribution in [1.29, 1.82) is 0 Å². The van der Waals surface area contributed by atoms with Crippen molar-refractivity contribution in [3.8, 4) is 22.6 Å². The SMILES string of the molecule is CC(=Cc1cc(C)c(-c2ccc(OC(C)C)c(O)c2)cc1C)C(=O)NC(C)C(N)=O. The molecule has 0 aliphatic heterocycles. The summed E-state index contributed by atoms with van der Waals surface area (Å²) in [6, 6.07) is 8.66. The summed E-state index contributed by atoms with van der Waals surface area (Å²) in [5.41, 5.74) is 10.4. The number of primary amides is 1. The van der Waals surface area contributed by atoms with Gasteiger partial charge in [-0.25, -0.2) is 0 Å². The third kappa shape index (κ3) is 5.63. The predicted molar refractivity (Wildman–Crippen MR) is 119 cm³/mol. The van der Waals surface area contributed by atoms with Crippen LogP contribution in [0, 0.1) is 13.8 Å². The summed E-state index contributed by atoms with van der Waals surface area (Å²) in [7, 11) is 0. The highest BCUT2D eigenvalue weighted by Gasteiger charge is 2.14. The molecule has 2 amide bonds. The molecule has 0 bridgehead atoms. The molecule has 4 N–H and O–H groups in total. The number of benzene rings is 2. The monoisotopic (exact) mass is 410 g/mol. The number of rotatable bonds is 7. The molecule has 0 saturated heterocycles. The fraction of sp³-hybridized carbons (Fsp3) is 0.333. The molecule has 2 aromatic rings. The quantitative estimate of drug-likeness (QED) is 0.603. The number of phenolic OH excluding ortho intramolecular Hbond substituents is 1. The first-order valence-electron chi connectivity index (χ1n) is 9.89. The van der Waals surface area contributed by atoms with Gasteiger partial charge in [-0.05, 0) is 87.6 Å². The average molecular weight is 411 g/mol. The molecule has 2 rings (SSSR count). The zero-order valence-corrected chi connectivity index (χ0v) is 18.4. The van der Waals surface area contributed by atoms with Crippen LogP contribution in [0.3, 0.4) is 0 Å². The van der Waals surface area contributed by atoms with Gasteiger partial charge >= 0.3 is 0 Å². The Morgan fingerprint density at radius 1 is 1.10 bits per heavy atom. The molecule has 1 unspecified atom stereocenters. The van der Waals surface area contributed by atoms with E-state index in [1.165, 1.54) is 0 Å². The second-order valence-electron chi connectivity index (χ2n) is 7.80. The van der Waals surface area contributed by atoms with Gasteiger partial charge in [0, 0.05) is 5.57 Å². The molecular weight excluding hydrogens is 380 g/mol. The zero-order chi connectivity index (χ0) is 22.6. The van der Waals surface area contributed by atoms with Crippen molar-refractivity contribution in [2.24, 2.45) is 5.73 Å². The number of amides is 2. The van der Waals surface area contributed by atoms with Gasteiger partial charge < -0.3 is 20.9 Å². The van der Waals surface area contributed by atoms with Crippen LogP contribution >= 0.6 is 0 Å². The van der Waals surface area contributed by atoms with Crippen LogP contribution in [0.25, 0.3) is 17.2 Å². The van der Waals surface area contributed by atoms with Crippen LogP contribution in [0.1, 0.15) is 44.4 Å². The molecule has 1 atom stereocenters. The Labute approximate surface area is 177 Å².